The maximum atomic E-state index is 13.9. The van der Waals surface area contributed by atoms with Gasteiger partial charge in [-0.2, -0.15) is 0 Å². The lowest BCUT2D eigenvalue weighted by atomic mass is 9.95. The van der Waals surface area contributed by atoms with Gasteiger partial charge in [0, 0.05) is 30.4 Å². The van der Waals surface area contributed by atoms with Crippen LogP contribution in [-0.4, -0.2) is 93.9 Å². The molecule has 13 heteroatoms. The Hall–Kier alpha value is -5.46. The zero-order valence-corrected chi connectivity index (χ0v) is 34.2. The third-order valence-corrected chi connectivity index (χ3v) is 12.2. The molecule has 0 unspecified atom stereocenters. The molecule has 7 rings (SSSR count). The number of rotatable bonds is 10. The molecule has 302 valence electrons. The molecule has 3 aromatic rings. The molecule has 0 radical (unpaired) electrons. The predicted octanol–water partition coefficient (Wildman–Crippen LogP) is 7.03. The van der Waals surface area contributed by atoms with Crippen LogP contribution in [0.3, 0.4) is 0 Å². The number of ether oxygens (including phenoxy) is 2. The Kier molecular flexibility index (Phi) is 11.3. The van der Waals surface area contributed by atoms with Crippen molar-refractivity contribution in [2.45, 2.75) is 116 Å². The summed E-state index contributed by atoms with van der Waals surface area (Å²) < 4.78 is 9.62. The van der Waals surface area contributed by atoms with E-state index in [9.17, 15) is 19.2 Å². The van der Waals surface area contributed by atoms with Crippen LogP contribution < -0.4 is 10.6 Å². The van der Waals surface area contributed by atoms with Crippen molar-refractivity contribution in [2.24, 2.45) is 16.8 Å². The van der Waals surface area contributed by atoms with E-state index in [1.54, 1.807) is 0 Å². The van der Waals surface area contributed by atoms with Crippen LogP contribution in [0.1, 0.15) is 102 Å². The maximum absolute atomic E-state index is 13.9. The molecule has 0 bridgehead atoms. The number of amides is 4. The number of allylic oxidation sites excluding steroid dienone is 1. The van der Waals surface area contributed by atoms with Gasteiger partial charge in [-0.15, -0.1) is 0 Å². The molecule has 2 aromatic carbocycles. The van der Waals surface area contributed by atoms with Gasteiger partial charge >= 0.3 is 12.2 Å². The van der Waals surface area contributed by atoms with Crippen molar-refractivity contribution in [2.75, 3.05) is 14.2 Å². The summed E-state index contributed by atoms with van der Waals surface area (Å²) in [6.45, 7) is 11.8. The van der Waals surface area contributed by atoms with Crippen LogP contribution in [0.25, 0.3) is 28.0 Å². The number of fused-ring (bicyclic) bond motifs is 3. The van der Waals surface area contributed by atoms with Crippen LogP contribution in [0.2, 0.25) is 0 Å². The standard InChI is InChI=1S/C44H55N7O6/c1-23(2)38(48-43(54)56-7)41(52)50-25(5)9-15-36(50)34-20-31(21-45-34)27-11-13-32-29(17-27)19-30-18-28(12-14-33(30)32)35-22-46-40(47-35)37-16-10-26(6)51(37)42(53)39(24(3)4)49-44(55)57-8/h11-14,17-18,21-26,36-39H,9-10,15-16,19-20H2,1-8H3,(H,46,47)(H,48,54)(H,49,55)/t25-,26-,36-,37-,38-,39-/m0/s1. The van der Waals surface area contributed by atoms with E-state index in [1.807, 2.05) is 56.8 Å². The molecule has 13 nitrogen and oxygen atoms in total. The first-order valence-corrected chi connectivity index (χ1v) is 20.2. The number of nitrogens with zero attached hydrogens (tertiary/aromatic N) is 4. The molecule has 4 amide bonds. The number of aromatic nitrogens is 2. The summed E-state index contributed by atoms with van der Waals surface area (Å²) in [5.41, 5.74) is 10.1. The van der Waals surface area contributed by atoms with Crippen molar-refractivity contribution in [3.8, 4) is 22.4 Å². The smallest absolute Gasteiger partial charge is 0.407 e. The molecule has 1 aliphatic carbocycles. The summed E-state index contributed by atoms with van der Waals surface area (Å²) >= 11 is 0. The number of aromatic amines is 1. The first-order chi connectivity index (χ1) is 27.3. The molecule has 4 heterocycles. The normalized spacial score (nSPS) is 22.2. The van der Waals surface area contributed by atoms with Crippen molar-refractivity contribution >= 4 is 35.3 Å². The topological polar surface area (TPSA) is 158 Å². The summed E-state index contributed by atoms with van der Waals surface area (Å²) in [4.78, 5) is 68.8. The first-order valence-electron chi connectivity index (χ1n) is 20.2. The highest BCUT2D eigenvalue weighted by molar-refractivity contribution is 6.04. The average Bonchev–Trinajstić information content (AvgIpc) is 4.04. The van der Waals surface area contributed by atoms with Crippen molar-refractivity contribution < 1.29 is 28.7 Å². The fraction of sp³-hybridized carbons (Fsp3) is 0.500. The van der Waals surface area contributed by atoms with Gasteiger partial charge in [-0.25, -0.2) is 14.6 Å². The molecule has 3 aliphatic heterocycles. The Bertz CT molecular complexity index is 2120. The summed E-state index contributed by atoms with van der Waals surface area (Å²) in [5.74, 6) is 0.288. The number of hydrogen-bond acceptors (Lipinski definition) is 8. The molecule has 57 heavy (non-hydrogen) atoms. The molecule has 2 saturated heterocycles. The van der Waals surface area contributed by atoms with Gasteiger partial charge in [0.25, 0.3) is 0 Å². The van der Waals surface area contributed by atoms with Gasteiger partial charge in [-0.3, -0.25) is 14.6 Å². The summed E-state index contributed by atoms with van der Waals surface area (Å²) in [6, 6.07) is 11.5. The highest BCUT2D eigenvalue weighted by atomic mass is 16.5. The molecule has 4 aliphatic rings. The van der Waals surface area contributed by atoms with Gasteiger partial charge in [-0.05, 0) is 103 Å². The minimum atomic E-state index is -0.702. The molecule has 3 N–H and O–H groups in total. The second-order valence-corrected chi connectivity index (χ2v) is 16.6. The van der Waals surface area contributed by atoms with Crippen LogP contribution in [0.4, 0.5) is 9.59 Å². The van der Waals surface area contributed by atoms with E-state index in [4.69, 9.17) is 19.5 Å². The molecule has 2 fully saturated rings. The number of nitrogens with one attached hydrogen (secondary N) is 3. The van der Waals surface area contributed by atoms with E-state index in [0.29, 0.717) is 6.42 Å². The van der Waals surface area contributed by atoms with Crippen molar-refractivity contribution in [3.05, 3.63) is 71.3 Å². The van der Waals surface area contributed by atoms with E-state index < -0.39 is 24.3 Å². The monoisotopic (exact) mass is 777 g/mol. The summed E-state index contributed by atoms with van der Waals surface area (Å²) in [6.07, 6.45) is 7.35. The second-order valence-electron chi connectivity index (χ2n) is 16.6. The number of imidazole rings is 1. The highest BCUT2D eigenvalue weighted by Crippen LogP contribution is 2.42. The second kappa shape index (κ2) is 16.2. The number of carbonyl (C=O) groups is 4. The van der Waals surface area contributed by atoms with Gasteiger partial charge in [0.1, 0.15) is 17.9 Å². The fourth-order valence-corrected chi connectivity index (χ4v) is 9.08. The average molecular weight is 778 g/mol. The van der Waals surface area contributed by atoms with Crippen molar-refractivity contribution in [1.82, 2.24) is 30.4 Å². The Morgan fingerprint density at radius 3 is 1.82 bits per heavy atom. The minimum Gasteiger partial charge on any atom is -0.453 e. The lowest BCUT2D eigenvalue weighted by molar-refractivity contribution is -0.137. The summed E-state index contributed by atoms with van der Waals surface area (Å²) in [5, 5.41) is 5.48. The third kappa shape index (κ3) is 7.68. The van der Waals surface area contributed by atoms with Crippen molar-refractivity contribution in [1.29, 1.82) is 0 Å². The predicted molar refractivity (Wildman–Crippen MR) is 218 cm³/mol. The molecule has 0 saturated carbocycles. The SMILES string of the molecule is COC(=O)N[C@H](C(=O)N1[C@@H](C)CC[C@H]1C1=NC=C(c2ccc3c(c2)Cc2cc(-c4cnc([C@@H]5CC[C@H](C)N5C(=O)[C@@H](NC(=O)OC)C(C)C)[nH]4)ccc2-3)C1)C(C)C. The number of aliphatic imine (C=N–C) groups is 1. The maximum Gasteiger partial charge on any atom is 0.407 e. The highest BCUT2D eigenvalue weighted by Gasteiger charge is 2.43. The quantitative estimate of drug-likeness (QED) is 0.156. The first kappa shape index (κ1) is 39.8. The Morgan fingerprint density at radius 1 is 0.737 bits per heavy atom. The van der Waals surface area contributed by atoms with Crippen LogP contribution >= 0.6 is 0 Å². The molecular weight excluding hydrogens is 723 g/mol. The van der Waals surface area contributed by atoms with E-state index >= 15 is 0 Å². The largest absolute Gasteiger partial charge is 0.453 e. The molecule has 6 atom stereocenters. The number of benzene rings is 2. The Labute approximate surface area is 334 Å². The zero-order chi connectivity index (χ0) is 40.7. The van der Waals surface area contributed by atoms with Crippen LogP contribution in [0.15, 0.2) is 53.8 Å². The lowest BCUT2D eigenvalue weighted by Crippen LogP contribution is -2.55. The van der Waals surface area contributed by atoms with Gasteiger partial charge in [0.15, 0.2) is 0 Å². The number of likely N-dealkylation sites (tertiary alicyclic amines) is 2. The van der Waals surface area contributed by atoms with Crippen LogP contribution in [-0.2, 0) is 25.5 Å². The van der Waals surface area contributed by atoms with Gasteiger partial charge < -0.3 is 34.9 Å². The van der Waals surface area contributed by atoms with Crippen LogP contribution in [0, 0.1) is 11.8 Å². The van der Waals surface area contributed by atoms with Gasteiger partial charge in [0.2, 0.25) is 11.8 Å². The lowest BCUT2D eigenvalue weighted by Gasteiger charge is -2.33. The van der Waals surface area contributed by atoms with E-state index in [2.05, 4.69) is 58.9 Å². The molecule has 0 spiro atoms. The van der Waals surface area contributed by atoms with E-state index in [0.717, 1.165) is 66.0 Å². The number of H-pyrrole nitrogens is 1. The summed E-state index contributed by atoms with van der Waals surface area (Å²) in [7, 11) is 2.60. The Morgan fingerprint density at radius 2 is 1.26 bits per heavy atom. The fourth-order valence-electron chi connectivity index (χ4n) is 9.08. The van der Waals surface area contributed by atoms with Crippen LogP contribution in [0.5, 0.6) is 0 Å². The van der Waals surface area contributed by atoms with Gasteiger partial charge in [-0.1, -0.05) is 58.0 Å². The molecule has 1 aromatic heterocycles. The number of methoxy groups -OCH3 is 2. The zero-order valence-electron chi connectivity index (χ0n) is 34.2. The third-order valence-electron chi connectivity index (χ3n) is 12.2. The number of hydrogen-bond donors (Lipinski definition) is 3. The Balaban J connectivity index is 1.03. The van der Waals surface area contributed by atoms with E-state index in [-0.39, 0.29) is 47.8 Å². The minimum absolute atomic E-state index is 0.00269. The van der Waals surface area contributed by atoms with E-state index in [1.165, 1.54) is 36.5 Å². The molecular formula is C44H55N7O6. The van der Waals surface area contributed by atoms with Gasteiger partial charge in [0.05, 0.1) is 38.2 Å². The number of alkyl carbamates (subject to hydrolysis) is 2. The number of carbonyl (C=O) groups excluding carboxylic acids is 4. The van der Waals surface area contributed by atoms with Crippen molar-refractivity contribution in [3.63, 3.8) is 0 Å².